The predicted molar refractivity (Wildman–Crippen MR) is 76.3 cm³/mol. The summed E-state index contributed by atoms with van der Waals surface area (Å²) in [5.74, 6) is 0. The second-order valence-electron chi connectivity index (χ2n) is 5.21. The Bertz CT molecular complexity index is 527. The van der Waals surface area contributed by atoms with Gasteiger partial charge in [-0.1, -0.05) is 26.8 Å². The maximum absolute atomic E-state index is 5.35. The summed E-state index contributed by atoms with van der Waals surface area (Å²) in [5.41, 5.74) is 1.40. The fraction of sp³-hybridized carbons (Fsp3) is 0.462. The summed E-state index contributed by atoms with van der Waals surface area (Å²) in [7, 11) is 0. The van der Waals surface area contributed by atoms with Crippen molar-refractivity contribution in [3.8, 4) is 0 Å². The van der Waals surface area contributed by atoms with E-state index in [1.54, 1.807) is 11.3 Å². The topological polar surface area (TPSA) is 20.7 Å². The third-order valence-electron chi connectivity index (χ3n) is 2.80. The van der Waals surface area contributed by atoms with Gasteiger partial charge in [-0.3, -0.25) is 0 Å². The highest BCUT2D eigenvalue weighted by molar-refractivity contribution is 7.71. The summed E-state index contributed by atoms with van der Waals surface area (Å²) in [4.78, 5) is 4.57. The zero-order valence-corrected chi connectivity index (χ0v) is 12.1. The maximum atomic E-state index is 5.35. The van der Waals surface area contributed by atoms with E-state index >= 15 is 0 Å². The van der Waals surface area contributed by atoms with E-state index in [1.165, 1.54) is 10.6 Å². The Labute approximate surface area is 111 Å². The largest absolute Gasteiger partial charge is 0.337 e. The fourth-order valence-corrected chi connectivity index (χ4v) is 2.86. The number of thiophene rings is 1. The van der Waals surface area contributed by atoms with E-state index in [-0.39, 0.29) is 5.41 Å². The first kappa shape index (κ1) is 12.6. The Morgan fingerprint density at radius 2 is 2.18 bits per heavy atom. The lowest BCUT2D eigenvalue weighted by Gasteiger charge is -2.20. The minimum absolute atomic E-state index is 0.128. The number of aromatic amines is 1. The summed E-state index contributed by atoms with van der Waals surface area (Å²) in [6.07, 6.45) is 3.09. The zero-order valence-electron chi connectivity index (χ0n) is 10.5. The van der Waals surface area contributed by atoms with Gasteiger partial charge in [-0.25, -0.2) is 0 Å². The first-order valence-electron chi connectivity index (χ1n) is 5.79. The van der Waals surface area contributed by atoms with E-state index < -0.39 is 0 Å². The van der Waals surface area contributed by atoms with Gasteiger partial charge in [-0.15, -0.1) is 11.3 Å². The second kappa shape index (κ2) is 4.78. The lowest BCUT2D eigenvalue weighted by atomic mass is 9.92. The Morgan fingerprint density at radius 3 is 2.76 bits per heavy atom. The summed E-state index contributed by atoms with van der Waals surface area (Å²) in [6.45, 7) is 7.60. The molecule has 0 aliphatic rings. The van der Waals surface area contributed by atoms with Crippen molar-refractivity contribution in [2.45, 2.75) is 39.2 Å². The van der Waals surface area contributed by atoms with E-state index in [9.17, 15) is 0 Å². The molecule has 2 nitrogen and oxygen atoms in total. The van der Waals surface area contributed by atoms with E-state index in [0.29, 0.717) is 0 Å². The molecule has 92 valence electrons. The van der Waals surface area contributed by atoms with Crippen LogP contribution in [0.2, 0.25) is 0 Å². The molecule has 4 heteroatoms. The molecule has 0 unspecified atom stereocenters. The van der Waals surface area contributed by atoms with Gasteiger partial charge in [-0.2, -0.15) is 0 Å². The molecule has 2 heterocycles. The molecule has 2 aromatic rings. The van der Waals surface area contributed by atoms with Gasteiger partial charge >= 0.3 is 0 Å². The van der Waals surface area contributed by atoms with Gasteiger partial charge in [0.1, 0.15) is 0 Å². The van der Waals surface area contributed by atoms with Gasteiger partial charge in [0.05, 0.1) is 0 Å². The molecular weight excluding hydrogens is 248 g/mol. The normalized spacial score (nSPS) is 11.9. The van der Waals surface area contributed by atoms with Crippen LogP contribution < -0.4 is 0 Å². The fourth-order valence-electron chi connectivity index (χ4n) is 1.92. The molecule has 0 bridgehead atoms. The van der Waals surface area contributed by atoms with Crippen LogP contribution in [0.15, 0.2) is 23.7 Å². The van der Waals surface area contributed by atoms with Crippen LogP contribution in [0.3, 0.4) is 0 Å². The predicted octanol–water partition coefficient (Wildman–Crippen LogP) is 4.15. The van der Waals surface area contributed by atoms with Crippen molar-refractivity contribution >= 4 is 23.6 Å². The van der Waals surface area contributed by atoms with Crippen molar-refractivity contribution in [2.24, 2.45) is 0 Å². The summed E-state index contributed by atoms with van der Waals surface area (Å²) >= 11 is 7.15. The third-order valence-corrected chi connectivity index (χ3v) is 4.07. The lowest BCUT2D eigenvalue weighted by Crippen LogP contribution is -2.18. The molecule has 17 heavy (non-hydrogen) atoms. The van der Waals surface area contributed by atoms with E-state index in [1.807, 2.05) is 6.20 Å². The molecule has 0 aliphatic carbocycles. The lowest BCUT2D eigenvalue weighted by molar-refractivity contribution is 0.514. The van der Waals surface area contributed by atoms with Crippen LogP contribution in [-0.4, -0.2) is 9.55 Å². The van der Waals surface area contributed by atoms with Crippen LogP contribution in [0, 0.1) is 4.77 Å². The SMILES string of the molecule is CC(C)(C)c1c[nH]c(=S)n1CCc1cccs1. The van der Waals surface area contributed by atoms with Crippen LogP contribution >= 0.6 is 23.6 Å². The van der Waals surface area contributed by atoms with Gasteiger partial charge in [0.15, 0.2) is 4.77 Å². The first-order chi connectivity index (χ1) is 7.98. The maximum Gasteiger partial charge on any atom is 0.177 e. The quantitative estimate of drug-likeness (QED) is 0.828. The van der Waals surface area contributed by atoms with Crippen molar-refractivity contribution in [3.63, 3.8) is 0 Å². The van der Waals surface area contributed by atoms with Gasteiger partial charge in [0.2, 0.25) is 0 Å². The third kappa shape index (κ3) is 2.87. The summed E-state index contributed by atoms with van der Waals surface area (Å²) in [5, 5.41) is 2.12. The first-order valence-corrected chi connectivity index (χ1v) is 7.08. The highest BCUT2D eigenvalue weighted by Gasteiger charge is 2.18. The Balaban J connectivity index is 2.21. The van der Waals surface area contributed by atoms with Gasteiger partial charge in [0, 0.05) is 28.7 Å². The van der Waals surface area contributed by atoms with Crippen molar-refractivity contribution in [1.29, 1.82) is 0 Å². The number of aromatic nitrogens is 2. The zero-order chi connectivity index (χ0) is 12.5. The number of imidazole rings is 1. The van der Waals surface area contributed by atoms with Crippen LogP contribution in [0.4, 0.5) is 0 Å². The van der Waals surface area contributed by atoms with Crippen molar-refractivity contribution in [3.05, 3.63) is 39.1 Å². The smallest absolute Gasteiger partial charge is 0.177 e. The Kier molecular flexibility index (Phi) is 3.54. The number of aryl methyl sites for hydroxylation is 1. The molecule has 2 aromatic heterocycles. The highest BCUT2D eigenvalue weighted by atomic mass is 32.1. The van der Waals surface area contributed by atoms with E-state index in [4.69, 9.17) is 12.2 Å². The average Bonchev–Trinajstić information content (AvgIpc) is 2.83. The van der Waals surface area contributed by atoms with Crippen LogP contribution in [-0.2, 0) is 18.4 Å². The van der Waals surface area contributed by atoms with Gasteiger partial charge < -0.3 is 9.55 Å². The molecule has 0 saturated heterocycles. The van der Waals surface area contributed by atoms with Crippen LogP contribution in [0.5, 0.6) is 0 Å². The minimum atomic E-state index is 0.128. The van der Waals surface area contributed by atoms with Gasteiger partial charge in [-0.05, 0) is 30.1 Å². The standard InChI is InChI=1S/C13H18N2S2/c1-13(2,3)11-9-14-12(16)15(11)7-6-10-5-4-8-17-10/h4-5,8-9H,6-7H2,1-3H3,(H,14,16). The highest BCUT2D eigenvalue weighted by Crippen LogP contribution is 2.23. The molecule has 1 N–H and O–H groups in total. The molecule has 2 rings (SSSR count). The molecule has 0 saturated carbocycles. The molecular formula is C13H18N2S2. The van der Waals surface area contributed by atoms with Crippen molar-refractivity contribution in [1.82, 2.24) is 9.55 Å². The molecule has 0 radical (unpaired) electrons. The minimum Gasteiger partial charge on any atom is -0.337 e. The number of hydrogen-bond acceptors (Lipinski definition) is 2. The number of hydrogen-bond donors (Lipinski definition) is 1. The van der Waals surface area contributed by atoms with Crippen LogP contribution in [0.25, 0.3) is 0 Å². The average molecular weight is 266 g/mol. The molecule has 0 amide bonds. The summed E-state index contributed by atoms with van der Waals surface area (Å²) in [6, 6.07) is 4.28. The van der Waals surface area contributed by atoms with E-state index in [0.717, 1.165) is 17.7 Å². The number of H-pyrrole nitrogens is 1. The van der Waals surface area contributed by atoms with Crippen LogP contribution in [0.1, 0.15) is 31.3 Å². The van der Waals surface area contributed by atoms with Crippen molar-refractivity contribution in [2.75, 3.05) is 0 Å². The van der Waals surface area contributed by atoms with Crippen molar-refractivity contribution < 1.29 is 0 Å². The Morgan fingerprint density at radius 1 is 1.41 bits per heavy atom. The molecule has 0 aromatic carbocycles. The summed E-state index contributed by atoms with van der Waals surface area (Å²) < 4.78 is 3.04. The monoisotopic (exact) mass is 266 g/mol. The van der Waals surface area contributed by atoms with E-state index in [2.05, 4.69) is 47.8 Å². The molecule has 0 fully saturated rings. The number of rotatable bonds is 3. The number of nitrogens with zero attached hydrogens (tertiary/aromatic N) is 1. The molecule has 0 atom stereocenters. The van der Waals surface area contributed by atoms with Gasteiger partial charge in [0.25, 0.3) is 0 Å². The second-order valence-corrected chi connectivity index (χ2v) is 6.63. The molecule has 0 spiro atoms. The Hall–Kier alpha value is -0.870. The molecule has 0 aliphatic heterocycles. The number of nitrogens with one attached hydrogen (secondary N) is 1.